The largest absolute Gasteiger partial charge is 0.352 e. The van der Waals surface area contributed by atoms with Crippen LogP contribution in [0.15, 0.2) is 12.1 Å². The van der Waals surface area contributed by atoms with E-state index in [1.165, 1.54) is 12.1 Å². The third-order valence-electron chi connectivity index (χ3n) is 2.04. The van der Waals surface area contributed by atoms with Crippen molar-refractivity contribution in [2.45, 2.75) is 6.42 Å². The maximum Gasteiger partial charge on any atom is 0.254 e. The molecule has 18 heavy (non-hydrogen) atoms. The number of aromatic nitrogens is 1. The lowest BCUT2D eigenvalue weighted by molar-refractivity contribution is 0.0953. The second-order valence-corrected chi connectivity index (χ2v) is 6.72. The van der Waals surface area contributed by atoms with E-state index in [1.54, 1.807) is 0 Å². The van der Waals surface area contributed by atoms with E-state index in [0.29, 0.717) is 6.42 Å². The number of carbonyl (C=O) groups is 1. The summed E-state index contributed by atoms with van der Waals surface area (Å²) in [5, 5.41) is 2.78. The normalized spacial score (nSPS) is 11.3. The Balaban J connectivity index is 2.51. The number of amides is 1. The summed E-state index contributed by atoms with van der Waals surface area (Å²) in [4.78, 5) is 15.4. The number of sulfone groups is 1. The van der Waals surface area contributed by atoms with Gasteiger partial charge < -0.3 is 5.32 Å². The Kier molecular flexibility index (Phi) is 5.37. The first-order chi connectivity index (χ1) is 8.29. The van der Waals surface area contributed by atoms with Gasteiger partial charge in [-0.2, -0.15) is 0 Å². The Bertz CT molecular complexity index is 546. The van der Waals surface area contributed by atoms with E-state index >= 15 is 0 Å². The molecule has 0 fully saturated rings. The highest BCUT2D eigenvalue weighted by molar-refractivity contribution is 7.90. The third-order valence-corrected chi connectivity index (χ3v) is 3.57. The van der Waals surface area contributed by atoms with E-state index in [2.05, 4.69) is 10.3 Å². The number of hydrogen-bond acceptors (Lipinski definition) is 4. The minimum Gasteiger partial charge on any atom is -0.352 e. The van der Waals surface area contributed by atoms with Crippen molar-refractivity contribution in [1.29, 1.82) is 0 Å². The van der Waals surface area contributed by atoms with E-state index in [4.69, 9.17) is 23.2 Å². The Labute approximate surface area is 115 Å². The summed E-state index contributed by atoms with van der Waals surface area (Å²) in [7, 11) is -3.01. The molecule has 0 aromatic carbocycles. The zero-order valence-corrected chi connectivity index (χ0v) is 11.9. The Hall–Kier alpha value is -0.850. The zero-order chi connectivity index (χ0) is 13.8. The predicted octanol–water partition coefficient (Wildman–Crippen LogP) is 1.55. The molecule has 1 aromatic rings. The van der Waals surface area contributed by atoms with Crippen molar-refractivity contribution in [3.8, 4) is 0 Å². The van der Waals surface area contributed by atoms with Crippen LogP contribution < -0.4 is 5.32 Å². The van der Waals surface area contributed by atoms with Crippen LogP contribution in [0.1, 0.15) is 16.8 Å². The number of nitrogens with one attached hydrogen (secondary N) is 1. The molecule has 100 valence electrons. The molecule has 0 unspecified atom stereocenters. The molecular formula is C10H12Cl2N2O3S. The van der Waals surface area contributed by atoms with Crippen LogP contribution in [0.5, 0.6) is 0 Å². The molecule has 0 aliphatic rings. The van der Waals surface area contributed by atoms with Crippen LogP contribution in [0, 0.1) is 0 Å². The second kappa shape index (κ2) is 6.36. The molecule has 0 aliphatic carbocycles. The average Bonchev–Trinajstić information content (AvgIpc) is 2.22. The van der Waals surface area contributed by atoms with Gasteiger partial charge >= 0.3 is 0 Å². The molecule has 0 aliphatic heterocycles. The molecule has 5 nitrogen and oxygen atoms in total. The number of pyridine rings is 1. The summed E-state index contributed by atoms with van der Waals surface area (Å²) in [6, 6.07) is 2.92. The van der Waals surface area contributed by atoms with Gasteiger partial charge in [0.15, 0.2) is 0 Å². The first-order valence-corrected chi connectivity index (χ1v) is 7.89. The summed E-state index contributed by atoms with van der Waals surface area (Å²) in [5.74, 6) is -0.377. The number of carbonyl (C=O) groups excluding carboxylic acids is 1. The van der Waals surface area contributed by atoms with Crippen LogP contribution in [-0.4, -0.2) is 37.9 Å². The number of nitrogens with zero attached hydrogens (tertiary/aromatic N) is 1. The summed E-state index contributed by atoms with van der Waals surface area (Å²) in [5.41, 5.74) is 0.209. The van der Waals surface area contributed by atoms with Crippen molar-refractivity contribution in [3.05, 3.63) is 28.0 Å². The molecule has 0 radical (unpaired) electrons. The number of hydrogen-bond donors (Lipinski definition) is 1. The van der Waals surface area contributed by atoms with Crippen LogP contribution in [0.4, 0.5) is 0 Å². The number of halogens is 2. The quantitative estimate of drug-likeness (QED) is 0.661. The Morgan fingerprint density at radius 2 is 2.06 bits per heavy atom. The lowest BCUT2D eigenvalue weighted by atomic mass is 10.2. The highest BCUT2D eigenvalue weighted by Crippen LogP contribution is 2.16. The maximum atomic E-state index is 11.7. The monoisotopic (exact) mass is 310 g/mol. The van der Waals surface area contributed by atoms with Gasteiger partial charge in [0.05, 0.1) is 11.3 Å². The van der Waals surface area contributed by atoms with Crippen molar-refractivity contribution in [2.24, 2.45) is 0 Å². The van der Waals surface area contributed by atoms with E-state index in [0.717, 1.165) is 6.26 Å². The van der Waals surface area contributed by atoms with Crippen molar-refractivity contribution >= 4 is 38.9 Å². The third kappa shape index (κ3) is 5.20. The summed E-state index contributed by atoms with van der Waals surface area (Å²) >= 11 is 11.4. The van der Waals surface area contributed by atoms with Crippen molar-refractivity contribution in [2.75, 3.05) is 18.6 Å². The lowest BCUT2D eigenvalue weighted by Gasteiger charge is -2.06. The van der Waals surface area contributed by atoms with Crippen LogP contribution in [-0.2, 0) is 9.84 Å². The number of rotatable bonds is 5. The van der Waals surface area contributed by atoms with Gasteiger partial charge in [-0.1, -0.05) is 23.2 Å². The highest BCUT2D eigenvalue weighted by atomic mass is 35.5. The Morgan fingerprint density at radius 1 is 1.39 bits per heavy atom. The van der Waals surface area contributed by atoms with Gasteiger partial charge in [-0.25, -0.2) is 13.4 Å². The zero-order valence-electron chi connectivity index (χ0n) is 9.61. The lowest BCUT2D eigenvalue weighted by Crippen LogP contribution is -2.26. The van der Waals surface area contributed by atoms with Crippen LogP contribution in [0.25, 0.3) is 0 Å². The molecule has 1 aromatic heterocycles. The van der Waals surface area contributed by atoms with Gasteiger partial charge in [0.2, 0.25) is 0 Å². The minimum absolute atomic E-state index is 0.0168. The van der Waals surface area contributed by atoms with Gasteiger partial charge in [-0.05, 0) is 18.6 Å². The maximum absolute atomic E-state index is 11.7. The van der Waals surface area contributed by atoms with Gasteiger partial charge in [0, 0.05) is 12.8 Å². The second-order valence-electron chi connectivity index (χ2n) is 3.71. The van der Waals surface area contributed by atoms with Gasteiger partial charge in [-0.15, -0.1) is 0 Å². The standard InChI is InChI=1S/C10H12Cl2N2O3S/c1-18(16,17)6-2-5-13-10(15)7-3-4-8(11)14-9(7)12/h3-4H,2,5-6H2,1H3,(H,13,15). The molecule has 1 heterocycles. The smallest absolute Gasteiger partial charge is 0.254 e. The Morgan fingerprint density at radius 3 is 2.61 bits per heavy atom. The average molecular weight is 311 g/mol. The first-order valence-electron chi connectivity index (χ1n) is 5.07. The predicted molar refractivity (Wildman–Crippen MR) is 70.9 cm³/mol. The van der Waals surface area contributed by atoms with Crippen LogP contribution >= 0.6 is 23.2 Å². The topological polar surface area (TPSA) is 76.1 Å². The van der Waals surface area contributed by atoms with Gasteiger partial charge in [-0.3, -0.25) is 4.79 Å². The molecule has 0 spiro atoms. The van der Waals surface area contributed by atoms with Crippen LogP contribution in [0.3, 0.4) is 0 Å². The fourth-order valence-electron chi connectivity index (χ4n) is 1.21. The molecule has 1 rings (SSSR count). The van der Waals surface area contributed by atoms with Gasteiger partial charge in [0.25, 0.3) is 5.91 Å². The molecule has 8 heteroatoms. The summed E-state index contributed by atoms with van der Waals surface area (Å²) in [6.07, 6.45) is 1.50. The van der Waals surface area contributed by atoms with Crippen molar-refractivity contribution in [3.63, 3.8) is 0 Å². The highest BCUT2D eigenvalue weighted by Gasteiger charge is 2.11. The van der Waals surface area contributed by atoms with E-state index in [-0.39, 0.29) is 28.2 Å². The van der Waals surface area contributed by atoms with E-state index in [9.17, 15) is 13.2 Å². The summed E-state index contributed by atoms with van der Waals surface area (Å²) in [6.45, 7) is 0.255. The summed E-state index contributed by atoms with van der Waals surface area (Å²) < 4.78 is 21.8. The SMILES string of the molecule is CS(=O)(=O)CCCNC(=O)c1ccc(Cl)nc1Cl. The fourth-order valence-corrected chi connectivity index (χ4v) is 2.31. The fraction of sp³-hybridized carbons (Fsp3) is 0.400. The van der Waals surface area contributed by atoms with Crippen molar-refractivity contribution < 1.29 is 13.2 Å². The molecule has 1 amide bonds. The molecule has 0 saturated heterocycles. The van der Waals surface area contributed by atoms with Gasteiger partial charge in [0.1, 0.15) is 20.1 Å². The first kappa shape index (κ1) is 15.2. The molecular weight excluding hydrogens is 299 g/mol. The van der Waals surface area contributed by atoms with Crippen molar-refractivity contribution in [1.82, 2.24) is 10.3 Å². The van der Waals surface area contributed by atoms with Crippen LogP contribution in [0.2, 0.25) is 10.3 Å². The van der Waals surface area contributed by atoms with E-state index in [1.807, 2.05) is 0 Å². The molecule has 0 atom stereocenters. The molecule has 1 N–H and O–H groups in total. The minimum atomic E-state index is -3.01. The molecule has 0 saturated carbocycles. The molecule has 0 bridgehead atoms. The van der Waals surface area contributed by atoms with E-state index < -0.39 is 15.7 Å².